The minimum Gasteiger partial charge on any atom is -0.355 e. The van der Waals surface area contributed by atoms with Crippen LogP contribution >= 0.6 is 0 Å². The molecule has 1 aliphatic rings. The van der Waals surface area contributed by atoms with E-state index in [0.717, 1.165) is 19.3 Å². The fraction of sp³-hybridized carbons (Fsp3) is 0.533. The maximum absolute atomic E-state index is 12.6. The van der Waals surface area contributed by atoms with E-state index in [0.29, 0.717) is 24.6 Å². The SMILES string of the molecule is CNC(=O)c1ccc(S(=O)(=O)N2CCC[C@@H](C)CC2)cc1. The lowest BCUT2D eigenvalue weighted by atomic mass is 10.0. The van der Waals surface area contributed by atoms with Crippen molar-refractivity contribution < 1.29 is 13.2 Å². The zero-order valence-electron chi connectivity index (χ0n) is 12.5. The first kappa shape index (κ1) is 16.0. The fourth-order valence-electron chi connectivity index (χ4n) is 2.55. The summed E-state index contributed by atoms with van der Waals surface area (Å²) < 4.78 is 26.8. The standard InChI is InChI=1S/C15H22N2O3S/c1-12-4-3-10-17(11-9-12)21(19,20)14-7-5-13(6-8-14)15(18)16-2/h5-8,12H,3-4,9-11H2,1-2H3,(H,16,18)/t12-/m1/s1. The number of sulfonamides is 1. The van der Waals surface area contributed by atoms with Crippen LogP contribution in [0.15, 0.2) is 29.2 Å². The van der Waals surface area contributed by atoms with Crippen LogP contribution in [-0.2, 0) is 10.0 Å². The van der Waals surface area contributed by atoms with E-state index >= 15 is 0 Å². The van der Waals surface area contributed by atoms with Crippen LogP contribution in [0.2, 0.25) is 0 Å². The van der Waals surface area contributed by atoms with E-state index in [9.17, 15) is 13.2 Å². The minimum absolute atomic E-state index is 0.220. The van der Waals surface area contributed by atoms with Gasteiger partial charge in [-0.2, -0.15) is 4.31 Å². The maximum Gasteiger partial charge on any atom is 0.251 e. The third kappa shape index (κ3) is 3.63. The molecule has 0 aromatic heterocycles. The van der Waals surface area contributed by atoms with Crippen molar-refractivity contribution in [3.63, 3.8) is 0 Å². The van der Waals surface area contributed by atoms with Crippen LogP contribution in [-0.4, -0.2) is 38.8 Å². The van der Waals surface area contributed by atoms with Gasteiger partial charge in [0.05, 0.1) is 4.90 Å². The van der Waals surface area contributed by atoms with Gasteiger partial charge in [-0.1, -0.05) is 6.92 Å². The molecule has 2 rings (SSSR count). The average molecular weight is 310 g/mol. The van der Waals surface area contributed by atoms with Crippen molar-refractivity contribution in [3.8, 4) is 0 Å². The summed E-state index contributed by atoms with van der Waals surface area (Å²) >= 11 is 0. The van der Waals surface area contributed by atoms with Crippen LogP contribution in [0.25, 0.3) is 0 Å². The molecule has 0 aliphatic carbocycles. The summed E-state index contributed by atoms with van der Waals surface area (Å²) in [6, 6.07) is 6.11. The highest BCUT2D eigenvalue weighted by Gasteiger charge is 2.26. The van der Waals surface area contributed by atoms with Gasteiger partial charge in [0, 0.05) is 25.7 Å². The van der Waals surface area contributed by atoms with Crippen LogP contribution in [0.4, 0.5) is 0 Å². The number of benzene rings is 1. The van der Waals surface area contributed by atoms with E-state index in [1.54, 1.807) is 23.5 Å². The first-order chi connectivity index (χ1) is 9.95. The predicted molar refractivity (Wildman–Crippen MR) is 81.6 cm³/mol. The molecule has 0 spiro atoms. The van der Waals surface area contributed by atoms with Gasteiger partial charge in [0.1, 0.15) is 0 Å². The highest BCUT2D eigenvalue weighted by Crippen LogP contribution is 2.23. The number of carbonyl (C=O) groups excluding carboxylic acids is 1. The number of nitrogens with one attached hydrogen (secondary N) is 1. The zero-order valence-corrected chi connectivity index (χ0v) is 13.3. The van der Waals surface area contributed by atoms with Crippen molar-refractivity contribution in [3.05, 3.63) is 29.8 Å². The normalized spacial score (nSPS) is 20.8. The number of hydrogen-bond donors (Lipinski definition) is 1. The third-order valence-corrected chi connectivity index (χ3v) is 5.87. The second-order valence-corrected chi connectivity index (χ2v) is 7.48. The topological polar surface area (TPSA) is 66.5 Å². The second-order valence-electron chi connectivity index (χ2n) is 5.54. The molecule has 1 N–H and O–H groups in total. The molecule has 1 heterocycles. The lowest BCUT2D eigenvalue weighted by molar-refractivity contribution is 0.0963. The van der Waals surface area contributed by atoms with Crippen molar-refractivity contribution in [2.24, 2.45) is 5.92 Å². The molecule has 5 nitrogen and oxygen atoms in total. The summed E-state index contributed by atoms with van der Waals surface area (Å²) in [4.78, 5) is 11.7. The van der Waals surface area contributed by atoms with Crippen LogP contribution < -0.4 is 5.32 Å². The van der Waals surface area contributed by atoms with Crippen molar-refractivity contribution in [2.75, 3.05) is 20.1 Å². The molecule has 116 valence electrons. The number of hydrogen-bond acceptors (Lipinski definition) is 3. The Kier molecular flexibility index (Phi) is 5.00. The van der Waals surface area contributed by atoms with Crippen molar-refractivity contribution >= 4 is 15.9 Å². The number of nitrogens with zero attached hydrogens (tertiary/aromatic N) is 1. The molecule has 6 heteroatoms. The third-order valence-electron chi connectivity index (χ3n) is 3.96. The monoisotopic (exact) mass is 310 g/mol. The summed E-state index contributed by atoms with van der Waals surface area (Å²) in [5.74, 6) is 0.350. The van der Waals surface area contributed by atoms with Gasteiger partial charge < -0.3 is 5.32 Å². The van der Waals surface area contributed by atoms with Gasteiger partial charge in [-0.3, -0.25) is 4.79 Å². The molecule has 1 fully saturated rings. The van der Waals surface area contributed by atoms with Crippen LogP contribution in [0.5, 0.6) is 0 Å². The molecule has 21 heavy (non-hydrogen) atoms. The molecule has 0 bridgehead atoms. The highest BCUT2D eigenvalue weighted by molar-refractivity contribution is 7.89. The smallest absolute Gasteiger partial charge is 0.251 e. The lowest BCUT2D eigenvalue weighted by Gasteiger charge is -2.20. The molecule has 1 aromatic carbocycles. The van der Waals surface area contributed by atoms with Gasteiger partial charge in [0.25, 0.3) is 5.91 Å². The van der Waals surface area contributed by atoms with Gasteiger partial charge in [-0.05, 0) is 49.4 Å². The van der Waals surface area contributed by atoms with Gasteiger partial charge in [-0.15, -0.1) is 0 Å². The Labute approximate surface area is 126 Å². The Balaban J connectivity index is 2.21. The molecular weight excluding hydrogens is 288 g/mol. The molecule has 0 unspecified atom stereocenters. The quantitative estimate of drug-likeness (QED) is 0.926. The summed E-state index contributed by atoms with van der Waals surface area (Å²) in [7, 11) is -1.91. The van der Waals surface area contributed by atoms with Crippen LogP contribution in [0.3, 0.4) is 0 Å². The Hall–Kier alpha value is -1.40. The molecule has 1 saturated heterocycles. The highest BCUT2D eigenvalue weighted by atomic mass is 32.2. The lowest BCUT2D eigenvalue weighted by Crippen LogP contribution is -2.32. The molecule has 1 aromatic rings. The largest absolute Gasteiger partial charge is 0.355 e. The number of carbonyl (C=O) groups is 1. The Bertz CT molecular complexity index is 596. The van der Waals surface area contributed by atoms with Crippen molar-refractivity contribution in [1.82, 2.24) is 9.62 Å². The first-order valence-corrected chi connectivity index (χ1v) is 8.71. The van der Waals surface area contributed by atoms with Crippen LogP contribution in [0, 0.1) is 5.92 Å². The predicted octanol–water partition coefficient (Wildman–Crippen LogP) is 1.86. The number of amides is 1. The Morgan fingerprint density at radius 2 is 1.86 bits per heavy atom. The summed E-state index contributed by atoms with van der Waals surface area (Å²) in [6.45, 7) is 3.30. The maximum atomic E-state index is 12.6. The average Bonchev–Trinajstić information content (AvgIpc) is 2.71. The summed E-state index contributed by atoms with van der Waals surface area (Å²) in [6.07, 6.45) is 2.87. The second kappa shape index (κ2) is 6.58. The van der Waals surface area contributed by atoms with Gasteiger partial charge in [0.15, 0.2) is 0 Å². The summed E-state index contributed by atoms with van der Waals surface area (Å²) in [5.41, 5.74) is 0.459. The molecule has 0 radical (unpaired) electrons. The van der Waals surface area contributed by atoms with E-state index in [2.05, 4.69) is 12.2 Å². The molecule has 1 aliphatic heterocycles. The van der Waals surface area contributed by atoms with E-state index in [-0.39, 0.29) is 10.8 Å². The van der Waals surface area contributed by atoms with E-state index in [1.807, 2.05) is 0 Å². The van der Waals surface area contributed by atoms with E-state index in [4.69, 9.17) is 0 Å². The molecule has 1 amide bonds. The molecule has 1 atom stereocenters. The van der Waals surface area contributed by atoms with Crippen LogP contribution in [0.1, 0.15) is 36.5 Å². The van der Waals surface area contributed by atoms with Gasteiger partial charge >= 0.3 is 0 Å². The van der Waals surface area contributed by atoms with E-state index < -0.39 is 10.0 Å². The molecular formula is C15H22N2O3S. The Morgan fingerprint density at radius 1 is 1.19 bits per heavy atom. The Morgan fingerprint density at radius 3 is 2.48 bits per heavy atom. The zero-order chi connectivity index (χ0) is 15.5. The fourth-order valence-corrected chi connectivity index (χ4v) is 4.04. The first-order valence-electron chi connectivity index (χ1n) is 7.27. The number of rotatable bonds is 3. The summed E-state index contributed by atoms with van der Waals surface area (Å²) in [5, 5.41) is 2.52. The molecule has 0 saturated carbocycles. The van der Waals surface area contributed by atoms with Crippen molar-refractivity contribution in [2.45, 2.75) is 31.1 Å². The van der Waals surface area contributed by atoms with Gasteiger partial charge in [0.2, 0.25) is 10.0 Å². The van der Waals surface area contributed by atoms with E-state index in [1.165, 1.54) is 12.1 Å². The minimum atomic E-state index is -3.46. The van der Waals surface area contributed by atoms with Gasteiger partial charge in [-0.25, -0.2) is 8.42 Å². The van der Waals surface area contributed by atoms with Crippen molar-refractivity contribution in [1.29, 1.82) is 0 Å².